The molecule has 1 spiro atoms. The largest absolute Gasteiger partial charge is 0.463 e. The molecule has 0 bridgehead atoms. The van der Waals surface area contributed by atoms with Crippen LogP contribution in [0.15, 0.2) is 0 Å². The van der Waals surface area contributed by atoms with E-state index in [1.807, 2.05) is 0 Å². The monoisotopic (exact) mass is 1110 g/mol. The molecule has 4 saturated carbocycles. The molecule has 77 heavy (non-hydrogen) atoms. The van der Waals surface area contributed by atoms with E-state index in [0.29, 0.717) is 54.3 Å². The van der Waals surface area contributed by atoms with Crippen LogP contribution in [0.5, 0.6) is 0 Å². The fourth-order valence-electron chi connectivity index (χ4n) is 16.3. The van der Waals surface area contributed by atoms with Crippen molar-refractivity contribution in [3.63, 3.8) is 0 Å². The summed E-state index contributed by atoms with van der Waals surface area (Å²) in [7, 11) is 0. The van der Waals surface area contributed by atoms with Gasteiger partial charge in [-0.3, -0.25) is 4.79 Å². The van der Waals surface area contributed by atoms with Gasteiger partial charge in [0.1, 0.15) is 104 Å². The van der Waals surface area contributed by atoms with Crippen LogP contribution in [0.3, 0.4) is 0 Å². The lowest BCUT2D eigenvalue weighted by Crippen LogP contribution is -2.69. The van der Waals surface area contributed by atoms with Crippen molar-refractivity contribution in [1.82, 2.24) is 0 Å². The molecule has 10 rings (SSSR count). The minimum absolute atomic E-state index is 0.0652. The van der Waals surface area contributed by atoms with Gasteiger partial charge in [-0.15, -0.1) is 0 Å². The lowest BCUT2D eigenvalue weighted by Gasteiger charge is -2.61. The molecule has 12 N–H and O–H groups in total. The van der Waals surface area contributed by atoms with Crippen molar-refractivity contribution in [3.05, 3.63) is 0 Å². The Labute approximate surface area is 448 Å². The van der Waals surface area contributed by atoms with Crippen molar-refractivity contribution in [1.29, 1.82) is 0 Å². The van der Waals surface area contributed by atoms with Crippen LogP contribution in [-0.4, -0.2) is 241 Å². The fraction of sp³-hybridized carbons (Fsp3) is 0.981. The summed E-state index contributed by atoms with van der Waals surface area (Å²) in [5.41, 5.74) is 0.248. The van der Waals surface area contributed by atoms with Crippen LogP contribution in [0.2, 0.25) is 0 Å². The molecule has 6 saturated heterocycles. The molecular weight excluding hydrogens is 1020 g/mol. The number of ether oxygens (including phenoxy) is 11. The molecule has 0 radical (unpaired) electrons. The number of esters is 1. The van der Waals surface area contributed by atoms with E-state index in [2.05, 4.69) is 27.7 Å². The van der Waals surface area contributed by atoms with E-state index < -0.39 is 161 Å². The summed E-state index contributed by atoms with van der Waals surface area (Å²) in [4.78, 5) is 12.1. The quantitative estimate of drug-likeness (QED) is 0.0679. The van der Waals surface area contributed by atoms with Crippen LogP contribution in [0, 0.1) is 52.3 Å². The normalized spacial score (nSPS) is 55.7. The second kappa shape index (κ2) is 23.0. The minimum Gasteiger partial charge on any atom is -0.463 e. The Bertz CT molecular complexity index is 1990. The maximum atomic E-state index is 12.1. The van der Waals surface area contributed by atoms with Gasteiger partial charge in [-0.05, 0) is 104 Å². The molecule has 6 aliphatic heterocycles. The summed E-state index contributed by atoms with van der Waals surface area (Å²) in [6, 6.07) is 0. The molecule has 0 amide bonds. The van der Waals surface area contributed by atoms with E-state index in [0.717, 1.165) is 64.9 Å². The van der Waals surface area contributed by atoms with Gasteiger partial charge in [0.15, 0.2) is 30.9 Å². The third-order valence-corrected chi connectivity index (χ3v) is 20.7. The van der Waals surface area contributed by atoms with Gasteiger partial charge in [-0.25, -0.2) is 0 Å². The highest BCUT2D eigenvalue weighted by molar-refractivity contribution is 5.65. The molecule has 0 aromatic carbocycles. The predicted octanol–water partition coefficient (Wildman–Crippen LogP) is -2.34. The summed E-state index contributed by atoms with van der Waals surface area (Å²) in [5, 5.41) is 131. The molecular formula is C53H86O24. The van der Waals surface area contributed by atoms with Gasteiger partial charge < -0.3 is 113 Å². The summed E-state index contributed by atoms with van der Waals surface area (Å²) in [6.45, 7) is 8.20. The Morgan fingerprint density at radius 1 is 0.545 bits per heavy atom. The molecule has 0 aromatic rings. The van der Waals surface area contributed by atoms with Gasteiger partial charge in [0.2, 0.25) is 0 Å². The Morgan fingerprint density at radius 3 is 1.73 bits per heavy atom. The number of hydrogen-bond acceptors (Lipinski definition) is 24. The van der Waals surface area contributed by atoms with Gasteiger partial charge in [-0.1, -0.05) is 27.7 Å². The van der Waals surface area contributed by atoms with Gasteiger partial charge in [0, 0.05) is 19.3 Å². The van der Waals surface area contributed by atoms with Crippen LogP contribution >= 0.6 is 0 Å². The topological polar surface area (TPSA) is 361 Å². The summed E-state index contributed by atoms with van der Waals surface area (Å²) in [6.07, 6.45) is -26.6. The van der Waals surface area contributed by atoms with Crippen molar-refractivity contribution in [2.75, 3.05) is 33.0 Å². The van der Waals surface area contributed by atoms with E-state index in [9.17, 15) is 66.1 Å². The molecule has 0 aromatic heterocycles. The highest BCUT2D eigenvalue weighted by atomic mass is 16.8. The SMILES string of the molecule is CC(=O)OC[C@H]1O[C@@H](O[C@@H]2[C@H](O)[C@@H](O)[C@H](O[C@H]3CC[C@@]4(C)[C@@H](CC[C@@H]5[C@@H]4CC[C@]4(C)[C@@H]6[C@H](C[C@@H]54)O[C@]4(CC[C@H](C)CO4)[C@H]6C)C3)O[C@@H]2CO)[C@H](O[C@@H]2O[C@H](CO)[C@@H](O)[C@H](O)[C@H]2O)[C@@H](O[C@@H]2O[C@H](CO)[C@@H](O)[C@H](O)[C@H]2O)[C@@H]1O. The van der Waals surface area contributed by atoms with E-state index in [-0.39, 0.29) is 23.0 Å². The Morgan fingerprint density at radius 2 is 1.12 bits per heavy atom. The maximum Gasteiger partial charge on any atom is 0.302 e. The first-order valence-electron chi connectivity index (χ1n) is 28.2. The average molecular weight is 1110 g/mol. The smallest absolute Gasteiger partial charge is 0.302 e. The zero-order valence-corrected chi connectivity index (χ0v) is 44.6. The molecule has 10 aliphatic rings. The van der Waals surface area contributed by atoms with E-state index in [1.165, 1.54) is 0 Å². The highest BCUT2D eigenvalue weighted by Gasteiger charge is 2.69. The molecule has 32 atom stereocenters. The molecule has 24 heteroatoms. The van der Waals surface area contributed by atoms with Crippen LogP contribution < -0.4 is 0 Å². The second-order valence-electron chi connectivity index (χ2n) is 24.9. The fourth-order valence-corrected chi connectivity index (χ4v) is 16.3. The molecule has 6 heterocycles. The molecule has 10 fully saturated rings. The summed E-state index contributed by atoms with van der Waals surface area (Å²) in [5.74, 6) is 2.12. The zero-order chi connectivity index (χ0) is 55.2. The van der Waals surface area contributed by atoms with Crippen molar-refractivity contribution < 1.29 is 118 Å². The van der Waals surface area contributed by atoms with Gasteiger partial charge >= 0.3 is 5.97 Å². The standard InChI is InChI=1S/C53H86O24/c1-21-8-13-53(68-19-21)22(2)34-29(77-53)15-28-26-7-6-24-14-25(9-11-51(24,4)27(26)10-12-52(28,34)5)69-47-43(66)40(63)44(32(18-56)72-47)74-50-46(76-49-42(65)39(62)36(59)31(17-55)71-49)45(37(60)33(73-50)20-67-23(3)57)75-48-41(64)38(61)35(58)30(16-54)70-48/h21-22,24-50,54-56,58-66H,6-20H2,1-5H3/t21-,22-,24-,25-,26+,27-,28-,29-,30+,31+,32+,33+,34-,35+,36+,37+,38-,39-,40+,41+,42+,43+,44-,45-,46+,47+,48-,49-,50-,51-,52-,53+/m0/s1. The number of aliphatic hydroxyl groups is 12. The molecule has 442 valence electrons. The van der Waals surface area contributed by atoms with Crippen LogP contribution in [0.4, 0.5) is 0 Å². The van der Waals surface area contributed by atoms with Gasteiger partial charge in [-0.2, -0.15) is 0 Å². The number of aliphatic hydroxyl groups excluding tert-OH is 12. The van der Waals surface area contributed by atoms with Crippen molar-refractivity contribution >= 4 is 5.97 Å². The zero-order valence-electron chi connectivity index (χ0n) is 44.6. The Hall–Kier alpha value is -1.41. The van der Waals surface area contributed by atoms with Crippen molar-refractivity contribution in [3.8, 4) is 0 Å². The predicted molar refractivity (Wildman–Crippen MR) is 258 cm³/mol. The number of carbonyl (C=O) groups is 1. The highest BCUT2D eigenvalue weighted by Crippen LogP contribution is 2.71. The van der Waals surface area contributed by atoms with Crippen molar-refractivity contribution in [2.45, 2.75) is 240 Å². The van der Waals surface area contributed by atoms with Crippen molar-refractivity contribution in [2.24, 2.45) is 52.3 Å². The third kappa shape index (κ3) is 10.5. The lowest BCUT2D eigenvalue weighted by atomic mass is 9.44. The number of carbonyl (C=O) groups excluding carboxylic acids is 1. The minimum atomic E-state index is -2.06. The first-order chi connectivity index (χ1) is 36.6. The average Bonchev–Trinajstić information content (AvgIpc) is 4.13. The third-order valence-electron chi connectivity index (χ3n) is 20.7. The van der Waals surface area contributed by atoms with E-state index in [1.54, 1.807) is 0 Å². The number of fused-ring (bicyclic) bond motifs is 7. The van der Waals surface area contributed by atoms with Crippen LogP contribution in [-0.2, 0) is 56.9 Å². The maximum absolute atomic E-state index is 12.1. The number of hydrogen-bond donors (Lipinski definition) is 12. The van der Waals surface area contributed by atoms with Crippen LogP contribution in [0.25, 0.3) is 0 Å². The molecule has 4 aliphatic carbocycles. The number of rotatable bonds is 13. The Kier molecular flexibility index (Phi) is 17.5. The molecule has 0 unspecified atom stereocenters. The lowest BCUT2D eigenvalue weighted by molar-refractivity contribution is -0.406. The summed E-state index contributed by atoms with van der Waals surface area (Å²) < 4.78 is 67.3. The van der Waals surface area contributed by atoms with Gasteiger partial charge in [0.25, 0.3) is 0 Å². The summed E-state index contributed by atoms with van der Waals surface area (Å²) >= 11 is 0. The Balaban J connectivity index is 0.837. The van der Waals surface area contributed by atoms with Gasteiger partial charge in [0.05, 0.1) is 38.6 Å². The van der Waals surface area contributed by atoms with E-state index >= 15 is 0 Å². The first-order valence-corrected chi connectivity index (χ1v) is 28.2. The molecule has 24 nitrogen and oxygen atoms in total. The second-order valence-corrected chi connectivity index (χ2v) is 24.9. The first kappa shape index (κ1) is 58.8. The van der Waals surface area contributed by atoms with Crippen LogP contribution in [0.1, 0.15) is 98.8 Å². The van der Waals surface area contributed by atoms with E-state index in [4.69, 9.17) is 52.1 Å².